The van der Waals surface area contributed by atoms with Gasteiger partial charge in [0.1, 0.15) is 5.69 Å². The fourth-order valence-corrected chi connectivity index (χ4v) is 2.09. The van der Waals surface area contributed by atoms with E-state index in [1.165, 1.54) is 0 Å². The lowest BCUT2D eigenvalue weighted by Crippen LogP contribution is -2.12. The molecule has 0 saturated carbocycles. The average molecular weight is 309 g/mol. The summed E-state index contributed by atoms with van der Waals surface area (Å²) < 4.78 is 7.77. The van der Waals surface area contributed by atoms with Gasteiger partial charge in [-0.2, -0.15) is 0 Å². The Morgan fingerprint density at radius 3 is 3.06 bits per heavy atom. The maximum Gasteiger partial charge on any atom is 0.354 e. The Kier molecular flexibility index (Phi) is 4.15. The van der Waals surface area contributed by atoms with Crippen LogP contribution in [0.25, 0.3) is 0 Å². The lowest BCUT2D eigenvalue weighted by Gasteiger charge is -2.08. The Hall–Kier alpha value is -1.62. The summed E-state index contributed by atoms with van der Waals surface area (Å²) in [7, 11) is 0. The van der Waals surface area contributed by atoms with Gasteiger partial charge in [0.2, 0.25) is 0 Å². The van der Waals surface area contributed by atoms with Crippen molar-refractivity contribution in [3.8, 4) is 0 Å². The Balaban J connectivity index is 2.20. The molecule has 2 aromatic heterocycles. The summed E-state index contributed by atoms with van der Waals surface area (Å²) in [6.45, 7) is 2.76. The van der Waals surface area contributed by atoms with E-state index in [9.17, 15) is 4.79 Å². The molecule has 2 aromatic rings. The lowest BCUT2D eigenvalue weighted by molar-refractivity contribution is 0.0514. The maximum absolute atomic E-state index is 11.7. The molecule has 0 aromatic carbocycles. The minimum Gasteiger partial charge on any atom is -0.461 e. The molecule has 0 aliphatic heterocycles. The van der Waals surface area contributed by atoms with Crippen LogP contribution in [0, 0.1) is 0 Å². The topological polar surface area (TPSA) is 44.1 Å². The first-order valence-electron chi connectivity index (χ1n) is 5.62. The molecule has 18 heavy (non-hydrogen) atoms. The fourth-order valence-electron chi connectivity index (χ4n) is 1.68. The van der Waals surface area contributed by atoms with Gasteiger partial charge in [0.15, 0.2) is 0 Å². The number of halogens is 1. The maximum atomic E-state index is 11.7. The van der Waals surface area contributed by atoms with Gasteiger partial charge in [0.25, 0.3) is 0 Å². The summed E-state index contributed by atoms with van der Waals surface area (Å²) in [5.41, 5.74) is 1.57. The largest absolute Gasteiger partial charge is 0.461 e. The second-order valence-electron chi connectivity index (χ2n) is 3.75. The third-order valence-electron chi connectivity index (χ3n) is 2.43. The van der Waals surface area contributed by atoms with Crippen molar-refractivity contribution in [2.75, 3.05) is 6.61 Å². The molecule has 0 bridgehead atoms. The summed E-state index contributed by atoms with van der Waals surface area (Å²) in [5, 5.41) is 0. The number of hydrogen-bond donors (Lipinski definition) is 0. The van der Waals surface area contributed by atoms with Gasteiger partial charge in [-0.05, 0) is 46.6 Å². The Labute approximate surface area is 114 Å². The smallest absolute Gasteiger partial charge is 0.354 e. The summed E-state index contributed by atoms with van der Waals surface area (Å²) in [6.07, 6.45) is 5.36. The van der Waals surface area contributed by atoms with Crippen molar-refractivity contribution in [2.45, 2.75) is 13.5 Å². The highest BCUT2D eigenvalue weighted by Crippen LogP contribution is 2.13. The van der Waals surface area contributed by atoms with Crippen molar-refractivity contribution in [2.24, 2.45) is 0 Å². The van der Waals surface area contributed by atoms with Crippen LogP contribution in [-0.2, 0) is 11.3 Å². The van der Waals surface area contributed by atoms with Gasteiger partial charge >= 0.3 is 5.97 Å². The molecule has 0 N–H and O–H groups in total. The highest BCUT2D eigenvalue weighted by atomic mass is 79.9. The predicted molar refractivity (Wildman–Crippen MR) is 71.4 cm³/mol. The van der Waals surface area contributed by atoms with E-state index in [2.05, 4.69) is 20.9 Å². The zero-order valence-electron chi connectivity index (χ0n) is 9.97. The average Bonchev–Trinajstić information content (AvgIpc) is 2.77. The van der Waals surface area contributed by atoms with Crippen LogP contribution in [0.2, 0.25) is 0 Å². The number of nitrogens with zero attached hydrogens (tertiary/aromatic N) is 2. The van der Waals surface area contributed by atoms with E-state index in [0.29, 0.717) is 18.8 Å². The van der Waals surface area contributed by atoms with Gasteiger partial charge in [0.05, 0.1) is 6.61 Å². The second kappa shape index (κ2) is 5.82. The molecule has 5 heteroatoms. The number of ether oxygens (including phenoxy) is 1. The van der Waals surface area contributed by atoms with Crippen LogP contribution in [0.5, 0.6) is 0 Å². The van der Waals surface area contributed by atoms with Gasteiger partial charge < -0.3 is 9.30 Å². The van der Waals surface area contributed by atoms with Crippen LogP contribution in [0.15, 0.2) is 41.3 Å². The quantitative estimate of drug-likeness (QED) is 0.816. The van der Waals surface area contributed by atoms with Gasteiger partial charge in [-0.15, -0.1) is 0 Å². The third kappa shape index (κ3) is 2.98. The number of hydrogen-bond acceptors (Lipinski definition) is 3. The molecule has 94 valence electrons. The zero-order valence-corrected chi connectivity index (χ0v) is 11.6. The molecule has 0 spiro atoms. The molecule has 0 aliphatic rings. The highest BCUT2D eigenvalue weighted by molar-refractivity contribution is 9.10. The SMILES string of the molecule is CCOC(=O)c1cccn1Cc1cncc(Br)c1. The van der Waals surface area contributed by atoms with Crippen LogP contribution in [0.3, 0.4) is 0 Å². The Morgan fingerprint density at radius 2 is 2.33 bits per heavy atom. The van der Waals surface area contributed by atoms with Crippen molar-refractivity contribution < 1.29 is 9.53 Å². The first-order valence-corrected chi connectivity index (χ1v) is 6.41. The fraction of sp³-hybridized carbons (Fsp3) is 0.231. The number of carbonyl (C=O) groups excluding carboxylic acids is 1. The minimum absolute atomic E-state index is 0.301. The monoisotopic (exact) mass is 308 g/mol. The first kappa shape index (κ1) is 12.8. The highest BCUT2D eigenvalue weighted by Gasteiger charge is 2.11. The van der Waals surface area contributed by atoms with E-state index in [-0.39, 0.29) is 5.97 Å². The molecule has 2 heterocycles. The number of carbonyl (C=O) groups is 1. The lowest BCUT2D eigenvalue weighted by atomic mass is 10.3. The van der Waals surface area contributed by atoms with Crippen LogP contribution in [-0.4, -0.2) is 22.1 Å². The van der Waals surface area contributed by atoms with Gasteiger partial charge in [-0.25, -0.2) is 4.79 Å². The number of esters is 1. The standard InChI is InChI=1S/C13H13BrN2O2/c1-2-18-13(17)12-4-3-5-16(12)9-10-6-11(14)8-15-7-10/h3-8H,2,9H2,1H3. The third-order valence-corrected chi connectivity index (χ3v) is 2.86. The van der Waals surface area contributed by atoms with E-state index in [0.717, 1.165) is 10.0 Å². The predicted octanol–water partition coefficient (Wildman–Crippen LogP) is 2.87. The first-order chi connectivity index (χ1) is 8.70. The van der Waals surface area contributed by atoms with Crippen molar-refractivity contribution in [1.82, 2.24) is 9.55 Å². The van der Waals surface area contributed by atoms with E-state index < -0.39 is 0 Å². The normalized spacial score (nSPS) is 10.3. The van der Waals surface area contributed by atoms with Gasteiger partial charge in [0, 0.05) is 29.6 Å². The molecular formula is C13H13BrN2O2. The molecule has 0 radical (unpaired) electrons. The Bertz CT molecular complexity index is 551. The Morgan fingerprint density at radius 1 is 1.50 bits per heavy atom. The second-order valence-corrected chi connectivity index (χ2v) is 4.67. The number of rotatable bonds is 4. The molecule has 0 saturated heterocycles. The van der Waals surface area contributed by atoms with Crippen molar-refractivity contribution >= 4 is 21.9 Å². The molecule has 0 atom stereocenters. The van der Waals surface area contributed by atoms with E-state index in [1.807, 2.05) is 22.9 Å². The summed E-state index contributed by atoms with van der Waals surface area (Å²) >= 11 is 3.38. The van der Waals surface area contributed by atoms with Gasteiger partial charge in [-0.3, -0.25) is 4.98 Å². The molecule has 2 rings (SSSR count). The molecule has 0 unspecified atom stereocenters. The molecular weight excluding hydrogens is 296 g/mol. The van der Waals surface area contributed by atoms with Crippen molar-refractivity contribution in [3.63, 3.8) is 0 Å². The summed E-state index contributed by atoms with van der Waals surface area (Å²) in [4.78, 5) is 15.8. The number of pyridine rings is 1. The molecule has 0 aliphatic carbocycles. The summed E-state index contributed by atoms with van der Waals surface area (Å²) in [5.74, 6) is -0.301. The van der Waals surface area contributed by atoms with Crippen molar-refractivity contribution in [3.05, 3.63) is 52.5 Å². The molecule has 4 nitrogen and oxygen atoms in total. The summed E-state index contributed by atoms with van der Waals surface area (Å²) in [6, 6.07) is 5.56. The molecule has 0 amide bonds. The van der Waals surface area contributed by atoms with E-state index in [1.54, 1.807) is 25.4 Å². The van der Waals surface area contributed by atoms with Gasteiger partial charge in [-0.1, -0.05) is 0 Å². The van der Waals surface area contributed by atoms with Crippen LogP contribution >= 0.6 is 15.9 Å². The molecule has 0 fully saturated rings. The van der Waals surface area contributed by atoms with E-state index in [4.69, 9.17) is 4.74 Å². The zero-order chi connectivity index (χ0) is 13.0. The van der Waals surface area contributed by atoms with Crippen LogP contribution in [0.4, 0.5) is 0 Å². The van der Waals surface area contributed by atoms with Crippen LogP contribution in [0.1, 0.15) is 23.0 Å². The van der Waals surface area contributed by atoms with Crippen LogP contribution < -0.4 is 0 Å². The van der Waals surface area contributed by atoms with Crippen molar-refractivity contribution in [1.29, 1.82) is 0 Å². The van der Waals surface area contributed by atoms with E-state index >= 15 is 0 Å². The number of aromatic nitrogens is 2. The minimum atomic E-state index is -0.301.